The van der Waals surface area contributed by atoms with Gasteiger partial charge in [0, 0.05) is 18.7 Å². The molecule has 1 aliphatic rings. The van der Waals surface area contributed by atoms with Gasteiger partial charge < -0.3 is 9.74 Å². The van der Waals surface area contributed by atoms with E-state index in [0.717, 1.165) is 13.0 Å². The first-order chi connectivity index (χ1) is 9.21. The van der Waals surface area contributed by atoms with Gasteiger partial charge in [-0.05, 0) is 42.6 Å². The van der Waals surface area contributed by atoms with Gasteiger partial charge in [-0.3, -0.25) is 0 Å². The Morgan fingerprint density at radius 2 is 1.90 bits per heavy atom. The summed E-state index contributed by atoms with van der Waals surface area (Å²) in [4.78, 5) is 0. The number of rotatable bonds is 3. The van der Waals surface area contributed by atoms with Gasteiger partial charge in [0.05, 0.1) is 0 Å². The first-order valence-electron chi connectivity index (χ1n) is 7.68. The summed E-state index contributed by atoms with van der Waals surface area (Å²) in [6.45, 7) is 14.6. The molecule has 1 aromatic carbocycles. The Kier molecular flexibility index (Phi) is 4.43. The van der Waals surface area contributed by atoms with Gasteiger partial charge in [0.2, 0.25) is 0 Å². The van der Waals surface area contributed by atoms with Crippen LogP contribution in [0.3, 0.4) is 0 Å². The van der Waals surface area contributed by atoms with Gasteiger partial charge in [0.1, 0.15) is 0 Å². The van der Waals surface area contributed by atoms with Crippen LogP contribution >= 0.6 is 0 Å². The lowest BCUT2D eigenvalue weighted by Gasteiger charge is -2.39. The third-order valence-corrected chi connectivity index (χ3v) is 9.43. The highest BCUT2D eigenvalue weighted by molar-refractivity contribution is 6.74. The van der Waals surface area contributed by atoms with Crippen molar-refractivity contribution in [2.24, 2.45) is 0 Å². The first kappa shape index (κ1) is 15.7. The summed E-state index contributed by atoms with van der Waals surface area (Å²) in [5.41, 5.74) is 2.92. The van der Waals surface area contributed by atoms with Crippen molar-refractivity contribution in [2.75, 3.05) is 6.61 Å². The van der Waals surface area contributed by atoms with E-state index < -0.39 is 8.32 Å². The Bertz CT molecular complexity index is 464. The summed E-state index contributed by atoms with van der Waals surface area (Å²) in [6, 6.07) is 9.62. The maximum absolute atomic E-state index is 6.37. The molecule has 0 aromatic heterocycles. The highest BCUT2D eigenvalue weighted by Crippen LogP contribution is 2.37. The zero-order valence-corrected chi connectivity index (χ0v) is 14.8. The molecular formula is C17H29NOSi. The Hall–Kier alpha value is -0.643. The number of nitrogens with one attached hydrogen (secondary N) is 1. The van der Waals surface area contributed by atoms with Crippen LogP contribution in [0.2, 0.25) is 18.1 Å². The smallest absolute Gasteiger partial charge is 0.192 e. The second-order valence-electron chi connectivity index (χ2n) is 7.56. The van der Waals surface area contributed by atoms with E-state index in [4.69, 9.17) is 4.43 Å². The summed E-state index contributed by atoms with van der Waals surface area (Å²) in [5.74, 6) is 0. The first-order valence-corrected chi connectivity index (χ1v) is 10.6. The summed E-state index contributed by atoms with van der Waals surface area (Å²) in [6.07, 6.45) is 1.08. The van der Waals surface area contributed by atoms with Crippen LogP contribution < -0.4 is 5.32 Å². The summed E-state index contributed by atoms with van der Waals surface area (Å²) in [5, 5.41) is 3.98. The van der Waals surface area contributed by atoms with Crippen molar-refractivity contribution in [1.82, 2.24) is 5.32 Å². The Morgan fingerprint density at radius 1 is 1.25 bits per heavy atom. The Morgan fingerprint density at radius 3 is 2.55 bits per heavy atom. The molecule has 0 saturated carbocycles. The molecule has 2 atom stereocenters. The second kappa shape index (κ2) is 5.62. The third-order valence-electron chi connectivity index (χ3n) is 4.93. The highest BCUT2D eigenvalue weighted by atomic mass is 28.4. The van der Waals surface area contributed by atoms with Gasteiger partial charge in [0.15, 0.2) is 8.32 Å². The van der Waals surface area contributed by atoms with Gasteiger partial charge in [-0.1, -0.05) is 45.0 Å². The maximum atomic E-state index is 6.37. The van der Waals surface area contributed by atoms with Crippen molar-refractivity contribution in [3.63, 3.8) is 0 Å². The molecule has 112 valence electrons. The van der Waals surface area contributed by atoms with Crippen LogP contribution in [0.1, 0.15) is 44.9 Å². The average molecular weight is 292 g/mol. The zero-order valence-electron chi connectivity index (χ0n) is 13.8. The molecule has 0 unspecified atom stereocenters. The summed E-state index contributed by atoms with van der Waals surface area (Å²) < 4.78 is 6.37. The monoisotopic (exact) mass is 291 g/mol. The molecule has 2 nitrogen and oxygen atoms in total. The van der Waals surface area contributed by atoms with E-state index in [1.54, 1.807) is 0 Å². The molecule has 2 rings (SSSR count). The zero-order chi connectivity index (χ0) is 15.0. The van der Waals surface area contributed by atoms with Crippen LogP contribution in [0.4, 0.5) is 0 Å². The van der Waals surface area contributed by atoms with Crippen molar-refractivity contribution >= 4 is 8.32 Å². The SMILES string of the molecule is C[C@H]1N[C@H](CO[Si](C)(C)C(C)(C)C)Cc2ccccc21. The normalized spacial score (nSPS) is 23.5. The van der Waals surface area contributed by atoms with Gasteiger partial charge >= 0.3 is 0 Å². The molecule has 0 aliphatic carbocycles. The second-order valence-corrected chi connectivity index (χ2v) is 12.4. The number of hydrogen-bond donors (Lipinski definition) is 1. The van der Waals surface area contributed by atoms with Gasteiger partial charge in [-0.2, -0.15) is 0 Å². The molecule has 1 heterocycles. The average Bonchev–Trinajstić information content (AvgIpc) is 2.35. The maximum Gasteiger partial charge on any atom is 0.192 e. The quantitative estimate of drug-likeness (QED) is 0.839. The molecule has 0 amide bonds. The van der Waals surface area contributed by atoms with Crippen LogP contribution in [-0.4, -0.2) is 21.0 Å². The fourth-order valence-corrected chi connectivity index (χ4v) is 3.59. The van der Waals surface area contributed by atoms with Crippen LogP contribution in [0.25, 0.3) is 0 Å². The molecule has 0 radical (unpaired) electrons. The van der Waals surface area contributed by atoms with Gasteiger partial charge in [0.25, 0.3) is 0 Å². The van der Waals surface area contributed by atoms with Crippen molar-refractivity contribution in [3.8, 4) is 0 Å². The van der Waals surface area contributed by atoms with E-state index in [2.05, 4.69) is 70.4 Å². The minimum Gasteiger partial charge on any atom is -0.415 e. The van der Waals surface area contributed by atoms with Crippen LogP contribution in [-0.2, 0) is 10.8 Å². The lowest BCUT2D eigenvalue weighted by Crippen LogP contribution is -2.47. The number of benzene rings is 1. The largest absolute Gasteiger partial charge is 0.415 e. The molecule has 0 saturated heterocycles. The lowest BCUT2D eigenvalue weighted by molar-refractivity contribution is 0.227. The minimum absolute atomic E-state index is 0.283. The van der Waals surface area contributed by atoms with E-state index in [9.17, 15) is 0 Å². The van der Waals surface area contributed by atoms with Gasteiger partial charge in [-0.15, -0.1) is 0 Å². The summed E-state index contributed by atoms with van der Waals surface area (Å²) >= 11 is 0. The molecule has 20 heavy (non-hydrogen) atoms. The van der Waals surface area contributed by atoms with E-state index in [1.165, 1.54) is 11.1 Å². The van der Waals surface area contributed by atoms with E-state index in [0.29, 0.717) is 12.1 Å². The van der Waals surface area contributed by atoms with Crippen molar-refractivity contribution in [3.05, 3.63) is 35.4 Å². The van der Waals surface area contributed by atoms with Crippen molar-refractivity contribution < 1.29 is 4.43 Å². The number of fused-ring (bicyclic) bond motifs is 1. The van der Waals surface area contributed by atoms with Crippen LogP contribution in [0, 0.1) is 0 Å². The van der Waals surface area contributed by atoms with Crippen LogP contribution in [0.15, 0.2) is 24.3 Å². The van der Waals surface area contributed by atoms with Crippen LogP contribution in [0.5, 0.6) is 0 Å². The molecule has 0 spiro atoms. The van der Waals surface area contributed by atoms with Crippen molar-refractivity contribution in [2.45, 2.75) is 64.3 Å². The molecule has 1 aromatic rings. The van der Waals surface area contributed by atoms with Crippen molar-refractivity contribution in [1.29, 1.82) is 0 Å². The van der Waals surface area contributed by atoms with E-state index >= 15 is 0 Å². The van der Waals surface area contributed by atoms with Gasteiger partial charge in [-0.25, -0.2) is 0 Å². The fourth-order valence-electron chi connectivity index (χ4n) is 2.54. The molecule has 0 bridgehead atoms. The standard InChI is InChI=1S/C17H29NOSi/c1-13-16-10-8-7-9-14(16)11-15(18-13)12-19-20(5,6)17(2,3)4/h7-10,13,15,18H,11-12H2,1-6H3/t13-,15+/m1/s1. The minimum atomic E-state index is -1.64. The van der Waals surface area contributed by atoms with E-state index in [1.807, 2.05) is 0 Å². The Balaban J connectivity index is 2.00. The summed E-state index contributed by atoms with van der Waals surface area (Å²) in [7, 11) is -1.64. The predicted molar refractivity (Wildman–Crippen MR) is 88.6 cm³/mol. The molecule has 3 heteroatoms. The number of hydrogen-bond acceptors (Lipinski definition) is 2. The topological polar surface area (TPSA) is 21.3 Å². The molecule has 1 N–H and O–H groups in total. The van der Waals surface area contributed by atoms with E-state index in [-0.39, 0.29) is 5.04 Å². The lowest BCUT2D eigenvalue weighted by atomic mass is 9.91. The predicted octanol–water partition coefficient (Wildman–Crippen LogP) is 4.28. The third kappa shape index (κ3) is 3.33. The highest BCUT2D eigenvalue weighted by Gasteiger charge is 2.38. The molecule has 1 aliphatic heterocycles. The molecular weight excluding hydrogens is 262 g/mol. The fraction of sp³-hybridized carbons (Fsp3) is 0.647. The molecule has 0 fully saturated rings. The Labute approximate surface area is 125 Å².